The Labute approximate surface area is 324 Å². The van der Waals surface area contributed by atoms with E-state index in [4.69, 9.17) is 9.05 Å². The molecule has 9 nitrogen and oxygen atoms in total. The molecule has 53 heavy (non-hydrogen) atoms. The number of likely N-dealkylation sites (N-methyl/N-ethyl adjacent to an activating group) is 1. The van der Waals surface area contributed by atoms with Crippen molar-refractivity contribution in [1.82, 2.24) is 5.32 Å². The molecule has 0 aromatic rings. The first-order chi connectivity index (χ1) is 25.4. The maximum absolute atomic E-state index is 12.8. The molecular formula is C43H79N2O7P. The third-order valence-electron chi connectivity index (χ3n) is 8.89. The first-order valence-corrected chi connectivity index (χ1v) is 22.2. The lowest BCUT2D eigenvalue weighted by molar-refractivity contribution is -0.870. The number of aliphatic hydroxyl groups is 2. The molecule has 0 bridgehead atoms. The Morgan fingerprint density at radius 1 is 0.717 bits per heavy atom. The number of hydrogen-bond acceptors (Lipinski definition) is 7. The van der Waals surface area contributed by atoms with E-state index in [1.807, 2.05) is 34.1 Å². The fourth-order valence-corrected chi connectivity index (χ4v) is 6.08. The van der Waals surface area contributed by atoms with Crippen LogP contribution in [0.1, 0.15) is 149 Å². The highest BCUT2D eigenvalue weighted by molar-refractivity contribution is 7.45. The van der Waals surface area contributed by atoms with Gasteiger partial charge in [0.15, 0.2) is 0 Å². The lowest BCUT2D eigenvalue weighted by atomic mass is 10.0. The lowest BCUT2D eigenvalue weighted by Crippen LogP contribution is -2.45. The van der Waals surface area contributed by atoms with Gasteiger partial charge in [0, 0.05) is 6.42 Å². The molecular weight excluding hydrogens is 687 g/mol. The van der Waals surface area contributed by atoms with Gasteiger partial charge in [-0.25, -0.2) is 0 Å². The van der Waals surface area contributed by atoms with Crippen LogP contribution in [0, 0.1) is 0 Å². The van der Waals surface area contributed by atoms with E-state index in [0.717, 1.165) is 64.2 Å². The van der Waals surface area contributed by atoms with Gasteiger partial charge in [0.1, 0.15) is 13.2 Å². The third kappa shape index (κ3) is 36.9. The molecule has 0 aromatic heterocycles. The Hall–Kier alpha value is -1.84. The Kier molecular flexibility index (Phi) is 33.4. The van der Waals surface area contributed by atoms with Gasteiger partial charge in [-0.1, -0.05) is 139 Å². The highest BCUT2D eigenvalue weighted by atomic mass is 31.2. The Balaban J connectivity index is 4.61. The maximum atomic E-state index is 12.8. The Morgan fingerprint density at radius 3 is 1.77 bits per heavy atom. The number of quaternary nitrogens is 1. The average Bonchev–Trinajstić information content (AvgIpc) is 3.10. The topological polar surface area (TPSA) is 128 Å². The number of amides is 1. The summed E-state index contributed by atoms with van der Waals surface area (Å²) in [7, 11) is 1.19. The van der Waals surface area contributed by atoms with Crippen molar-refractivity contribution in [1.29, 1.82) is 0 Å². The number of carbonyl (C=O) groups is 1. The predicted molar refractivity (Wildman–Crippen MR) is 220 cm³/mol. The lowest BCUT2D eigenvalue weighted by Gasteiger charge is -2.29. The van der Waals surface area contributed by atoms with E-state index in [1.54, 1.807) is 6.08 Å². The van der Waals surface area contributed by atoms with E-state index >= 15 is 0 Å². The number of carbonyl (C=O) groups excluding carboxylic acids is 1. The van der Waals surface area contributed by atoms with Crippen molar-refractivity contribution in [2.24, 2.45) is 0 Å². The van der Waals surface area contributed by atoms with Crippen LogP contribution in [-0.2, 0) is 18.4 Å². The normalized spacial score (nSPS) is 15.7. The van der Waals surface area contributed by atoms with Crippen LogP contribution >= 0.6 is 7.82 Å². The van der Waals surface area contributed by atoms with Gasteiger partial charge in [0.2, 0.25) is 5.91 Å². The van der Waals surface area contributed by atoms with Crippen molar-refractivity contribution in [3.8, 4) is 0 Å². The largest absolute Gasteiger partial charge is 0.756 e. The summed E-state index contributed by atoms with van der Waals surface area (Å²) in [5.41, 5.74) is 0. The smallest absolute Gasteiger partial charge is 0.268 e. The number of allylic oxidation sites excluding steroid dienone is 9. The Morgan fingerprint density at radius 2 is 1.23 bits per heavy atom. The summed E-state index contributed by atoms with van der Waals surface area (Å²) >= 11 is 0. The van der Waals surface area contributed by atoms with Crippen molar-refractivity contribution in [3.63, 3.8) is 0 Å². The van der Waals surface area contributed by atoms with Crippen LogP contribution in [0.15, 0.2) is 60.8 Å². The summed E-state index contributed by atoms with van der Waals surface area (Å²) < 4.78 is 23.1. The van der Waals surface area contributed by atoms with Crippen LogP contribution in [0.3, 0.4) is 0 Å². The van der Waals surface area contributed by atoms with Gasteiger partial charge in [-0.15, -0.1) is 0 Å². The first kappa shape index (κ1) is 51.2. The number of hydrogen-bond donors (Lipinski definition) is 3. The van der Waals surface area contributed by atoms with Crippen LogP contribution < -0.4 is 10.2 Å². The van der Waals surface area contributed by atoms with E-state index in [0.29, 0.717) is 17.4 Å². The number of aliphatic hydroxyl groups excluding tert-OH is 2. The zero-order chi connectivity index (χ0) is 39.5. The summed E-state index contributed by atoms with van der Waals surface area (Å²) in [6, 6.07) is -0.925. The molecule has 4 atom stereocenters. The molecule has 0 aliphatic heterocycles. The number of phosphoric ester groups is 1. The fourth-order valence-electron chi connectivity index (χ4n) is 5.36. The van der Waals surface area contributed by atoms with Gasteiger partial charge in [0.05, 0.1) is 46.0 Å². The van der Waals surface area contributed by atoms with Gasteiger partial charge in [0.25, 0.3) is 7.82 Å². The van der Waals surface area contributed by atoms with E-state index in [9.17, 15) is 24.5 Å². The minimum atomic E-state index is -4.61. The van der Waals surface area contributed by atoms with Crippen molar-refractivity contribution in [2.45, 2.75) is 167 Å². The zero-order valence-corrected chi connectivity index (χ0v) is 35.2. The van der Waals surface area contributed by atoms with Crippen LogP contribution in [-0.4, -0.2) is 79.8 Å². The number of unbranched alkanes of at least 4 members (excludes halogenated alkanes) is 12. The van der Waals surface area contributed by atoms with Crippen molar-refractivity contribution >= 4 is 13.7 Å². The fraction of sp³-hybridized carbons (Fsp3) is 0.744. The summed E-state index contributed by atoms with van der Waals surface area (Å²) in [5.74, 6) is -0.267. The minimum absolute atomic E-state index is 0.0201. The van der Waals surface area contributed by atoms with Crippen LogP contribution in [0.4, 0.5) is 0 Å². The monoisotopic (exact) mass is 767 g/mol. The molecule has 0 aliphatic carbocycles. The number of nitrogens with one attached hydrogen (secondary N) is 1. The molecule has 0 saturated carbocycles. The van der Waals surface area contributed by atoms with Crippen molar-refractivity contribution in [3.05, 3.63) is 60.8 Å². The standard InChI is InChI=1S/C43H79N2O7P/c1-6-8-9-10-11-12-13-16-20-23-26-29-32-35-42(47)41(39-52-53(49,50)51-38-37-45(3,4)5)44-43(48)36-33-30-27-24-21-18-15-14-17-19-22-25-28-31-34-40(46)7-2/h15,17-19,24-25,27-28,32,35,40-42,46-47H,6-14,16,20-23,26,29-31,33-34,36-39H2,1-5H3,(H-,44,48,49,50)/b18-15-,19-17-,27-24-,28-25-,35-32+/t40-,41+,42-/m1/s1. The van der Waals surface area contributed by atoms with Gasteiger partial charge >= 0.3 is 0 Å². The predicted octanol–water partition coefficient (Wildman–Crippen LogP) is 9.41. The Bertz CT molecular complexity index is 1070. The van der Waals surface area contributed by atoms with Gasteiger partial charge in [-0.3, -0.25) is 9.36 Å². The maximum Gasteiger partial charge on any atom is 0.268 e. The average molecular weight is 767 g/mol. The van der Waals surface area contributed by atoms with E-state index in [2.05, 4.69) is 60.8 Å². The summed E-state index contributed by atoms with van der Waals surface area (Å²) in [6.07, 6.45) is 40.7. The third-order valence-corrected chi connectivity index (χ3v) is 9.85. The van der Waals surface area contributed by atoms with E-state index in [-0.39, 0.29) is 25.0 Å². The second kappa shape index (κ2) is 34.6. The molecule has 0 fully saturated rings. The number of rotatable bonds is 36. The second-order valence-corrected chi connectivity index (χ2v) is 16.5. The van der Waals surface area contributed by atoms with Crippen molar-refractivity contribution in [2.75, 3.05) is 40.9 Å². The molecule has 0 heterocycles. The number of nitrogens with zero attached hydrogens (tertiary/aromatic N) is 1. The van der Waals surface area contributed by atoms with Crippen LogP contribution in [0.5, 0.6) is 0 Å². The SMILES string of the molecule is CCCCCCCCCCCCC/C=C/[C@@H](O)[C@H](COP(=O)([O-])OCC[N+](C)(C)C)NC(=O)CCC/C=C\C/C=C\C/C=C\C/C=C\CC[C@H](O)CC. The molecule has 0 aliphatic rings. The molecule has 1 amide bonds. The molecule has 308 valence electrons. The van der Waals surface area contributed by atoms with Gasteiger partial charge < -0.3 is 34.0 Å². The molecule has 1 unspecified atom stereocenters. The second-order valence-electron chi connectivity index (χ2n) is 15.1. The summed E-state index contributed by atoms with van der Waals surface area (Å²) in [4.78, 5) is 25.2. The molecule has 0 aromatic carbocycles. The summed E-state index contributed by atoms with van der Waals surface area (Å²) in [5, 5.41) is 23.2. The van der Waals surface area contributed by atoms with Gasteiger partial charge in [-0.05, 0) is 64.2 Å². The molecule has 0 rings (SSSR count). The zero-order valence-electron chi connectivity index (χ0n) is 34.3. The van der Waals surface area contributed by atoms with Crippen LogP contribution in [0.25, 0.3) is 0 Å². The number of phosphoric acid groups is 1. The highest BCUT2D eigenvalue weighted by Gasteiger charge is 2.23. The van der Waals surface area contributed by atoms with Gasteiger partial charge in [-0.2, -0.15) is 0 Å². The molecule has 3 N–H and O–H groups in total. The van der Waals surface area contributed by atoms with E-state index < -0.39 is 26.6 Å². The first-order valence-electron chi connectivity index (χ1n) is 20.7. The molecule has 0 radical (unpaired) electrons. The quantitative estimate of drug-likeness (QED) is 0.0251. The molecule has 0 spiro atoms. The molecule has 10 heteroatoms. The molecule has 0 saturated heterocycles. The highest BCUT2D eigenvalue weighted by Crippen LogP contribution is 2.38. The van der Waals surface area contributed by atoms with Crippen LogP contribution in [0.2, 0.25) is 0 Å². The minimum Gasteiger partial charge on any atom is -0.756 e. The van der Waals surface area contributed by atoms with E-state index in [1.165, 1.54) is 57.8 Å². The summed E-state index contributed by atoms with van der Waals surface area (Å²) in [6.45, 7) is 4.29. The van der Waals surface area contributed by atoms with Crippen molar-refractivity contribution < 1.29 is 38.0 Å².